The van der Waals surface area contributed by atoms with Crippen LogP contribution in [0.25, 0.3) is 5.65 Å². The molecule has 2 aromatic heterocycles. The van der Waals surface area contributed by atoms with Gasteiger partial charge in [-0.2, -0.15) is 18.4 Å². The van der Waals surface area contributed by atoms with E-state index >= 15 is 0 Å². The number of pyridine rings is 1. The normalized spacial score (nSPS) is 11.3. The number of rotatable bonds is 3. The molecule has 2 aromatic rings. The van der Waals surface area contributed by atoms with Gasteiger partial charge in [0.15, 0.2) is 11.5 Å². The van der Waals surface area contributed by atoms with E-state index in [1.54, 1.807) is 6.07 Å². The Morgan fingerprint density at radius 1 is 1.45 bits per heavy atom. The molecule has 0 aliphatic heterocycles. The average Bonchev–Trinajstić information content (AvgIpc) is 2.78. The van der Waals surface area contributed by atoms with Crippen LogP contribution >= 0.6 is 0 Å². The van der Waals surface area contributed by atoms with Crippen LogP contribution in [0.3, 0.4) is 0 Å². The van der Waals surface area contributed by atoms with Crippen LogP contribution in [0, 0.1) is 11.3 Å². The summed E-state index contributed by atoms with van der Waals surface area (Å²) in [4.78, 5) is 11.1. The van der Waals surface area contributed by atoms with Crippen molar-refractivity contribution in [1.82, 2.24) is 19.9 Å². The van der Waals surface area contributed by atoms with Gasteiger partial charge in [-0.25, -0.2) is 0 Å². The topological polar surface area (TPSA) is 83.1 Å². The standard InChI is InChI=1S/C11H8F3N5O/c12-11(13,14)7-2-4-19-8(5-7)17-18-9(19)6-16-10(20)1-3-15/h2,4-5H,1,6H2,(H,16,20). The highest BCUT2D eigenvalue weighted by atomic mass is 19.4. The number of hydrogen-bond acceptors (Lipinski definition) is 4. The summed E-state index contributed by atoms with van der Waals surface area (Å²) < 4.78 is 38.9. The SMILES string of the molecule is N#CCC(=O)NCc1nnc2cc(C(F)(F)F)ccn12. The molecular formula is C11H8F3N5O. The van der Waals surface area contributed by atoms with Crippen molar-refractivity contribution in [3.63, 3.8) is 0 Å². The third kappa shape index (κ3) is 2.85. The number of alkyl halides is 3. The van der Waals surface area contributed by atoms with Gasteiger partial charge in [-0.15, -0.1) is 10.2 Å². The number of carbonyl (C=O) groups excluding carboxylic acids is 1. The Kier molecular flexibility index (Phi) is 3.56. The van der Waals surface area contributed by atoms with Crippen LogP contribution in [0.4, 0.5) is 13.2 Å². The summed E-state index contributed by atoms with van der Waals surface area (Å²) in [5.74, 6) is -0.212. The van der Waals surface area contributed by atoms with Gasteiger partial charge in [-0.05, 0) is 12.1 Å². The lowest BCUT2D eigenvalue weighted by molar-refractivity contribution is -0.137. The molecule has 0 bridgehead atoms. The summed E-state index contributed by atoms with van der Waals surface area (Å²) in [5, 5.41) is 18.0. The van der Waals surface area contributed by atoms with E-state index in [0.717, 1.165) is 12.1 Å². The van der Waals surface area contributed by atoms with Crippen molar-refractivity contribution in [3.8, 4) is 6.07 Å². The molecule has 0 radical (unpaired) electrons. The third-order valence-corrected chi connectivity index (χ3v) is 2.49. The Morgan fingerprint density at radius 3 is 2.85 bits per heavy atom. The summed E-state index contributed by atoms with van der Waals surface area (Å²) in [7, 11) is 0. The zero-order valence-corrected chi connectivity index (χ0v) is 9.98. The first-order chi connectivity index (χ1) is 9.41. The molecule has 2 heterocycles. The van der Waals surface area contributed by atoms with Crippen LogP contribution < -0.4 is 5.32 Å². The maximum atomic E-state index is 12.5. The van der Waals surface area contributed by atoms with E-state index in [1.165, 1.54) is 10.6 Å². The first-order valence-corrected chi connectivity index (χ1v) is 5.46. The first-order valence-electron chi connectivity index (χ1n) is 5.46. The maximum absolute atomic E-state index is 12.5. The molecule has 104 valence electrons. The highest BCUT2D eigenvalue weighted by Crippen LogP contribution is 2.29. The number of aromatic nitrogens is 3. The van der Waals surface area contributed by atoms with E-state index in [0.29, 0.717) is 0 Å². The first kappa shape index (κ1) is 13.8. The summed E-state index contributed by atoms with van der Waals surface area (Å²) in [6, 6.07) is 3.45. The van der Waals surface area contributed by atoms with Crippen molar-refractivity contribution in [3.05, 3.63) is 29.7 Å². The predicted octanol–water partition coefficient (Wildman–Crippen LogP) is 1.28. The van der Waals surface area contributed by atoms with E-state index in [4.69, 9.17) is 5.26 Å². The second-order valence-corrected chi connectivity index (χ2v) is 3.87. The molecule has 0 aliphatic carbocycles. The van der Waals surface area contributed by atoms with Crippen molar-refractivity contribution in [2.24, 2.45) is 0 Å². The van der Waals surface area contributed by atoms with Gasteiger partial charge < -0.3 is 5.32 Å². The molecule has 0 unspecified atom stereocenters. The zero-order valence-electron chi connectivity index (χ0n) is 9.98. The number of nitrogens with one attached hydrogen (secondary N) is 1. The largest absolute Gasteiger partial charge is 0.416 e. The Morgan fingerprint density at radius 2 is 2.20 bits per heavy atom. The number of fused-ring (bicyclic) bond motifs is 1. The van der Waals surface area contributed by atoms with Crippen molar-refractivity contribution in [2.75, 3.05) is 0 Å². The molecule has 1 amide bonds. The van der Waals surface area contributed by atoms with Gasteiger partial charge in [0.1, 0.15) is 6.42 Å². The van der Waals surface area contributed by atoms with E-state index in [1.807, 2.05) is 0 Å². The quantitative estimate of drug-likeness (QED) is 0.919. The molecule has 20 heavy (non-hydrogen) atoms. The highest BCUT2D eigenvalue weighted by Gasteiger charge is 2.31. The van der Waals surface area contributed by atoms with Crippen LogP contribution in [0.1, 0.15) is 17.8 Å². The Hall–Kier alpha value is -2.63. The fourth-order valence-corrected chi connectivity index (χ4v) is 1.55. The van der Waals surface area contributed by atoms with Gasteiger partial charge >= 0.3 is 6.18 Å². The minimum atomic E-state index is -4.45. The van der Waals surface area contributed by atoms with Crippen molar-refractivity contribution in [1.29, 1.82) is 5.26 Å². The lowest BCUT2D eigenvalue weighted by atomic mass is 10.2. The fourth-order valence-electron chi connectivity index (χ4n) is 1.55. The molecule has 9 heteroatoms. The lowest BCUT2D eigenvalue weighted by Gasteiger charge is -2.06. The molecular weight excluding hydrogens is 275 g/mol. The van der Waals surface area contributed by atoms with E-state index in [-0.39, 0.29) is 24.4 Å². The summed E-state index contributed by atoms with van der Waals surface area (Å²) in [5.41, 5.74) is -0.790. The second-order valence-electron chi connectivity index (χ2n) is 3.87. The molecule has 0 aliphatic rings. The molecule has 0 saturated heterocycles. The lowest BCUT2D eigenvalue weighted by Crippen LogP contribution is -2.23. The van der Waals surface area contributed by atoms with Crippen LogP contribution in [0.5, 0.6) is 0 Å². The predicted molar refractivity (Wildman–Crippen MR) is 60.1 cm³/mol. The van der Waals surface area contributed by atoms with Crippen molar-refractivity contribution >= 4 is 11.6 Å². The van der Waals surface area contributed by atoms with Crippen LogP contribution in [-0.4, -0.2) is 20.5 Å². The highest BCUT2D eigenvalue weighted by molar-refractivity contribution is 5.77. The van der Waals surface area contributed by atoms with Gasteiger partial charge in [-0.3, -0.25) is 9.20 Å². The van der Waals surface area contributed by atoms with Crippen LogP contribution in [0.2, 0.25) is 0 Å². The smallest absolute Gasteiger partial charge is 0.348 e. The Labute approximate surface area is 110 Å². The van der Waals surface area contributed by atoms with Crippen molar-refractivity contribution < 1.29 is 18.0 Å². The van der Waals surface area contributed by atoms with Crippen LogP contribution in [-0.2, 0) is 17.5 Å². The number of nitriles is 1. The molecule has 0 fully saturated rings. The molecule has 2 rings (SSSR count). The monoisotopic (exact) mass is 283 g/mol. The summed E-state index contributed by atoms with van der Waals surface area (Å²) in [6.45, 7) is -0.0208. The molecule has 0 aromatic carbocycles. The number of carbonyl (C=O) groups is 1. The van der Waals surface area contributed by atoms with Gasteiger partial charge in [0.25, 0.3) is 0 Å². The van der Waals surface area contributed by atoms with E-state index < -0.39 is 17.6 Å². The number of hydrogen-bond donors (Lipinski definition) is 1. The Balaban J connectivity index is 2.21. The summed E-state index contributed by atoms with van der Waals surface area (Å²) >= 11 is 0. The third-order valence-electron chi connectivity index (χ3n) is 2.49. The number of halogens is 3. The molecule has 0 spiro atoms. The van der Waals surface area contributed by atoms with E-state index in [2.05, 4.69) is 15.5 Å². The van der Waals surface area contributed by atoms with Crippen molar-refractivity contribution in [2.45, 2.75) is 19.1 Å². The number of amides is 1. The number of nitrogens with zero attached hydrogens (tertiary/aromatic N) is 4. The van der Waals surface area contributed by atoms with Gasteiger partial charge in [0.2, 0.25) is 5.91 Å². The van der Waals surface area contributed by atoms with Gasteiger partial charge in [-0.1, -0.05) is 0 Å². The minimum absolute atomic E-state index is 0.0208. The van der Waals surface area contributed by atoms with Gasteiger partial charge in [0.05, 0.1) is 18.2 Å². The summed E-state index contributed by atoms with van der Waals surface area (Å²) in [6.07, 6.45) is -3.56. The molecule has 6 nitrogen and oxygen atoms in total. The fraction of sp³-hybridized carbons (Fsp3) is 0.273. The average molecular weight is 283 g/mol. The maximum Gasteiger partial charge on any atom is 0.416 e. The molecule has 0 saturated carbocycles. The van der Waals surface area contributed by atoms with Gasteiger partial charge in [0, 0.05) is 6.20 Å². The van der Waals surface area contributed by atoms with E-state index in [9.17, 15) is 18.0 Å². The zero-order chi connectivity index (χ0) is 14.8. The second kappa shape index (κ2) is 5.16. The minimum Gasteiger partial charge on any atom is -0.348 e. The molecule has 1 N–H and O–H groups in total. The van der Waals surface area contributed by atoms with Crippen LogP contribution in [0.15, 0.2) is 18.3 Å². The molecule has 0 atom stereocenters. The Bertz CT molecular complexity index is 685.